The highest BCUT2D eigenvalue weighted by atomic mass is 32.2. The lowest BCUT2D eigenvalue weighted by atomic mass is 10.4. The van der Waals surface area contributed by atoms with Crippen LogP contribution in [0.15, 0.2) is 6.07 Å². The Labute approximate surface area is 112 Å². The maximum atomic E-state index is 12.5. The number of aryl methyl sites for hydroxylation is 1. The number of primary sulfonamides is 1. The van der Waals surface area contributed by atoms with Crippen molar-refractivity contribution in [1.82, 2.24) is 9.78 Å². The van der Waals surface area contributed by atoms with Crippen molar-refractivity contribution in [2.75, 3.05) is 11.4 Å². The summed E-state index contributed by atoms with van der Waals surface area (Å²) < 4.78 is 60.9. The molecule has 0 bridgehead atoms. The third-order valence-corrected chi connectivity index (χ3v) is 4.22. The average molecular weight is 312 g/mol. The monoisotopic (exact) mass is 312 g/mol. The summed E-state index contributed by atoms with van der Waals surface area (Å²) in [7, 11) is -2.69. The van der Waals surface area contributed by atoms with E-state index in [9.17, 15) is 26.4 Å². The normalized spacial score (nSPS) is 20.8. The average Bonchev–Trinajstić information content (AvgIpc) is 2.80. The van der Waals surface area contributed by atoms with Crippen LogP contribution in [0.2, 0.25) is 0 Å². The molecule has 1 aromatic heterocycles. The molecule has 1 aliphatic rings. The Balaban J connectivity index is 2.34. The molecule has 1 atom stereocenters. The summed E-state index contributed by atoms with van der Waals surface area (Å²) in [6, 6.07) is 0.698. The number of anilines is 1. The highest BCUT2D eigenvalue weighted by molar-refractivity contribution is 7.89. The summed E-state index contributed by atoms with van der Waals surface area (Å²) in [4.78, 5) is 12.7. The number of carbonyl (C=O) groups is 1. The van der Waals surface area contributed by atoms with Gasteiger partial charge in [-0.2, -0.15) is 18.3 Å². The van der Waals surface area contributed by atoms with Gasteiger partial charge in [0.05, 0.1) is 0 Å². The molecule has 112 valence electrons. The van der Waals surface area contributed by atoms with Gasteiger partial charge in [0.2, 0.25) is 15.9 Å². The number of rotatable bonds is 2. The lowest BCUT2D eigenvalue weighted by Gasteiger charge is -2.15. The van der Waals surface area contributed by atoms with Crippen LogP contribution in [0.25, 0.3) is 0 Å². The molecule has 1 aromatic rings. The van der Waals surface area contributed by atoms with E-state index < -0.39 is 33.1 Å². The van der Waals surface area contributed by atoms with E-state index in [0.717, 1.165) is 9.58 Å². The molecule has 0 aliphatic carbocycles. The zero-order valence-electron chi connectivity index (χ0n) is 10.3. The highest BCUT2D eigenvalue weighted by Gasteiger charge is 2.40. The number of halogens is 3. The second-order valence-electron chi connectivity index (χ2n) is 4.43. The lowest BCUT2D eigenvalue weighted by Crippen LogP contribution is -2.32. The van der Waals surface area contributed by atoms with E-state index in [1.807, 2.05) is 0 Å². The van der Waals surface area contributed by atoms with Gasteiger partial charge >= 0.3 is 6.18 Å². The van der Waals surface area contributed by atoms with Crippen molar-refractivity contribution in [3.63, 3.8) is 0 Å². The summed E-state index contributed by atoms with van der Waals surface area (Å²) in [6.07, 6.45) is -5.00. The maximum Gasteiger partial charge on any atom is 0.435 e. The molecule has 20 heavy (non-hydrogen) atoms. The van der Waals surface area contributed by atoms with Gasteiger partial charge in [-0.25, -0.2) is 13.6 Å². The van der Waals surface area contributed by atoms with Gasteiger partial charge in [-0.1, -0.05) is 0 Å². The Hall–Kier alpha value is -1.62. The van der Waals surface area contributed by atoms with Crippen LogP contribution >= 0.6 is 0 Å². The number of nitrogens with zero attached hydrogens (tertiary/aromatic N) is 3. The summed E-state index contributed by atoms with van der Waals surface area (Å²) in [6.45, 7) is -0.283. The molecule has 2 N–H and O–H groups in total. The number of alkyl halides is 3. The SMILES string of the molecule is Cn1nc(C(F)(F)F)cc1N1CC(S(N)(=O)=O)CC1=O. The molecule has 0 spiro atoms. The van der Waals surface area contributed by atoms with Crippen molar-refractivity contribution in [2.45, 2.75) is 17.8 Å². The van der Waals surface area contributed by atoms with Crippen molar-refractivity contribution < 1.29 is 26.4 Å². The van der Waals surface area contributed by atoms with E-state index in [1.54, 1.807) is 0 Å². The fraction of sp³-hybridized carbons (Fsp3) is 0.556. The topological polar surface area (TPSA) is 98.3 Å². The molecule has 1 fully saturated rings. The number of aromatic nitrogens is 2. The van der Waals surface area contributed by atoms with Gasteiger partial charge in [0.15, 0.2) is 5.69 Å². The Bertz CT molecular complexity index is 652. The number of hydrogen-bond acceptors (Lipinski definition) is 4. The second-order valence-corrected chi connectivity index (χ2v) is 6.27. The van der Waals surface area contributed by atoms with E-state index in [0.29, 0.717) is 6.07 Å². The zero-order chi connectivity index (χ0) is 15.3. The highest BCUT2D eigenvalue weighted by Crippen LogP contribution is 2.32. The fourth-order valence-corrected chi connectivity index (χ4v) is 2.70. The Kier molecular flexibility index (Phi) is 3.29. The van der Waals surface area contributed by atoms with Crippen molar-refractivity contribution in [2.24, 2.45) is 12.2 Å². The van der Waals surface area contributed by atoms with Crippen LogP contribution in [0.5, 0.6) is 0 Å². The van der Waals surface area contributed by atoms with E-state index in [1.165, 1.54) is 7.05 Å². The third kappa shape index (κ3) is 2.63. The quantitative estimate of drug-likeness (QED) is 0.820. The van der Waals surface area contributed by atoms with Gasteiger partial charge in [-0.3, -0.25) is 14.4 Å². The zero-order valence-corrected chi connectivity index (χ0v) is 11.1. The van der Waals surface area contributed by atoms with Crippen LogP contribution in [0.4, 0.5) is 19.0 Å². The van der Waals surface area contributed by atoms with Crippen LogP contribution in [0.1, 0.15) is 12.1 Å². The molecule has 1 aliphatic heterocycles. The van der Waals surface area contributed by atoms with Crippen molar-refractivity contribution in [1.29, 1.82) is 0 Å². The number of hydrogen-bond donors (Lipinski definition) is 1. The van der Waals surface area contributed by atoms with Crippen LogP contribution in [-0.2, 0) is 28.0 Å². The summed E-state index contributed by atoms with van der Waals surface area (Å²) in [5, 5.41) is 7.09. The van der Waals surface area contributed by atoms with E-state index >= 15 is 0 Å². The Morgan fingerprint density at radius 2 is 2.05 bits per heavy atom. The standard InChI is InChI=1S/C9H11F3N4O3S/c1-15-7(3-6(14-15)9(10,11)12)16-4-5(2-8(16)17)20(13,18)19/h3,5H,2,4H2,1H3,(H2,13,18,19). The van der Waals surface area contributed by atoms with Crippen LogP contribution in [0.3, 0.4) is 0 Å². The molecule has 7 nitrogen and oxygen atoms in total. The van der Waals surface area contributed by atoms with E-state index in [4.69, 9.17) is 5.14 Å². The minimum Gasteiger partial charge on any atom is -0.296 e. The number of nitrogens with two attached hydrogens (primary N) is 1. The van der Waals surface area contributed by atoms with Gasteiger partial charge in [-0.05, 0) is 0 Å². The van der Waals surface area contributed by atoms with Crippen LogP contribution in [0, 0.1) is 0 Å². The van der Waals surface area contributed by atoms with Gasteiger partial charge in [-0.15, -0.1) is 0 Å². The van der Waals surface area contributed by atoms with E-state index in [2.05, 4.69) is 5.10 Å². The minimum atomic E-state index is -4.64. The lowest BCUT2D eigenvalue weighted by molar-refractivity contribution is -0.141. The first kappa shape index (κ1) is 14.8. The Morgan fingerprint density at radius 1 is 1.45 bits per heavy atom. The largest absolute Gasteiger partial charge is 0.435 e. The smallest absolute Gasteiger partial charge is 0.296 e. The minimum absolute atomic E-state index is 0.117. The first-order valence-corrected chi connectivity index (χ1v) is 7.04. The van der Waals surface area contributed by atoms with Gasteiger partial charge in [0.25, 0.3) is 0 Å². The number of carbonyl (C=O) groups excluding carboxylic acids is 1. The first-order chi connectivity index (χ1) is 9.00. The predicted octanol–water partition coefficient (Wildman–Crippen LogP) is -0.167. The maximum absolute atomic E-state index is 12.5. The molecule has 1 saturated heterocycles. The van der Waals surface area contributed by atoms with Gasteiger partial charge < -0.3 is 0 Å². The molecule has 0 radical (unpaired) electrons. The van der Waals surface area contributed by atoms with Crippen LogP contribution in [-0.4, -0.2) is 35.9 Å². The predicted molar refractivity (Wildman–Crippen MR) is 62.1 cm³/mol. The Morgan fingerprint density at radius 3 is 2.45 bits per heavy atom. The van der Waals surface area contributed by atoms with Crippen molar-refractivity contribution in [3.05, 3.63) is 11.8 Å². The number of sulfonamides is 1. The molecule has 1 amide bonds. The third-order valence-electron chi connectivity index (χ3n) is 2.98. The molecule has 11 heteroatoms. The second kappa shape index (κ2) is 4.45. The summed E-state index contributed by atoms with van der Waals surface area (Å²) in [5.41, 5.74) is -1.15. The molecule has 1 unspecified atom stereocenters. The van der Waals surface area contributed by atoms with Gasteiger partial charge in [0.1, 0.15) is 11.1 Å². The summed E-state index contributed by atoms with van der Waals surface area (Å²) >= 11 is 0. The van der Waals surface area contributed by atoms with Crippen LogP contribution < -0.4 is 10.0 Å². The molecular weight excluding hydrogens is 301 g/mol. The van der Waals surface area contributed by atoms with E-state index in [-0.39, 0.29) is 18.8 Å². The van der Waals surface area contributed by atoms with Crippen molar-refractivity contribution >= 4 is 21.7 Å². The van der Waals surface area contributed by atoms with Gasteiger partial charge in [0, 0.05) is 26.1 Å². The number of amides is 1. The van der Waals surface area contributed by atoms with Crippen molar-refractivity contribution in [3.8, 4) is 0 Å². The summed E-state index contributed by atoms with van der Waals surface area (Å²) in [5.74, 6) is -0.728. The molecular formula is C9H11F3N4O3S. The first-order valence-electron chi connectivity index (χ1n) is 5.43. The molecule has 0 saturated carbocycles. The molecule has 2 rings (SSSR count). The fourth-order valence-electron chi connectivity index (χ4n) is 1.96. The molecule has 2 heterocycles. The molecule has 0 aromatic carbocycles.